The summed E-state index contributed by atoms with van der Waals surface area (Å²) in [5, 5.41) is 14.7. The molecule has 34 heavy (non-hydrogen) atoms. The molecular formula is C25H32N6O3. The van der Waals surface area contributed by atoms with Gasteiger partial charge in [-0.15, -0.1) is 0 Å². The molecule has 0 aliphatic carbocycles. The Morgan fingerprint density at radius 2 is 1.94 bits per heavy atom. The van der Waals surface area contributed by atoms with Crippen LogP contribution >= 0.6 is 0 Å². The summed E-state index contributed by atoms with van der Waals surface area (Å²) in [6, 6.07) is 5.76. The summed E-state index contributed by atoms with van der Waals surface area (Å²) in [6.07, 6.45) is 5.13. The third kappa shape index (κ3) is 4.09. The fourth-order valence-electron chi connectivity index (χ4n) is 4.91. The minimum absolute atomic E-state index is 0.000812. The second-order valence-corrected chi connectivity index (χ2v) is 10.0. The van der Waals surface area contributed by atoms with Crippen LogP contribution in [0.15, 0.2) is 30.7 Å². The number of ether oxygens (including phenoxy) is 1. The van der Waals surface area contributed by atoms with Gasteiger partial charge in [0.15, 0.2) is 5.82 Å². The summed E-state index contributed by atoms with van der Waals surface area (Å²) in [5.74, 6) is 2.41. The first-order valence-corrected chi connectivity index (χ1v) is 12.0. The summed E-state index contributed by atoms with van der Waals surface area (Å²) < 4.78 is 9.88. The number of hydrogen-bond acceptors (Lipinski definition) is 6. The van der Waals surface area contributed by atoms with E-state index in [9.17, 15) is 9.90 Å². The quantitative estimate of drug-likeness (QED) is 0.635. The topological polar surface area (TPSA) is 98.3 Å². The van der Waals surface area contributed by atoms with Crippen molar-refractivity contribution in [1.82, 2.24) is 29.2 Å². The average Bonchev–Trinajstić information content (AvgIpc) is 3.42. The summed E-state index contributed by atoms with van der Waals surface area (Å²) in [7, 11) is 0. The molecule has 1 aromatic carbocycles. The number of likely N-dealkylation sites (tertiary alicyclic amines) is 1. The van der Waals surface area contributed by atoms with Gasteiger partial charge in [0.05, 0.1) is 17.7 Å². The van der Waals surface area contributed by atoms with E-state index in [0.717, 1.165) is 41.5 Å². The third-order valence-corrected chi connectivity index (χ3v) is 6.91. The maximum atomic E-state index is 13.3. The van der Waals surface area contributed by atoms with Crippen LogP contribution in [0.25, 0.3) is 22.9 Å². The average molecular weight is 465 g/mol. The van der Waals surface area contributed by atoms with Crippen molar-refractivity contribution in [3.8, 4) is 28.7 Å². The lowest BCUT2D eigenvalue weighted by Gasteiger charge is -2.37. The number of carbonyl (C=O) groups is 1. The van der Waals surface area contributed by atoms with Crippen molar-refractivity contribution in [3.63, 3.8) is 0 Å². The number of aromatic nitrogens is 5. The number of imidazole rings is 1. The van der Waals surface area contributed by atoms with Crippen molar-refractivity contribution >= 4 is 5.91 Å². The normalized spacial score (nSPS) is 16.7. The van der Waals surface area contributed by atoms with E-state index < -0.39 is 5.60 Å². The van der Waals surface area contributed by atoms with E-state index in [-0.39, 0.29) is 17.9 Å². The first-order valence-electron chi connectivity index (χ1n) is 12.0. The number of rotatable bonds is 4. The van der Waals surface area contributed by atoms with Gasteiger partial charge in [-0.05, 0) is 64.7 Å². The summed E-state index contributed by atoms with van der Waals surface area (Å²) in [6.45, 7) is 10.3. The molecule has 1 fully saturated rings. The second-order valence-electron chi connectivity index (χ2n) is 10.0. The summed E-state index contributed by atoms with van der Waals surface area (Å²) in [4.78, 5) is 24.5. The molecule has 5 rings (SSSR count). The van der Waals surface area contributed by atoms with Crippen LogP contribution in [0.4, 0.5) is 0 Å². The molecule has 180 valence electrons. The van der Waals surface area contributed by atoms with Gasteiger partial charge in [0.2, 0.25) is 0 Å². The van der Waals surface area contributed by atoms with Gasteiger partial charge in [-0.2, -0.15) is 5.10 Å². The van der Waals surface area contributed by atoms with Crippen molar-refractivity contribution in [2.45, 2.75) is 58.7 Å². The van der Waals surface area contributed by atoms with E-state index in [1.165, 1.54) is 0 Å². The van der Waals surface area contributed by atoms with Gasteiger partial charge in [0.1, 0.15) is 30.2 Å². The smallest absolute Gasteiger partial charge is 0.253 e. The van der Waals surface area contributed by atoms with Crippen molar-refractivity contribution in [2.75, 3.05) is 19.7 Å². The van der Waals surface area contributed by atoms with Gasteiger partial charge in [0.25, 0.3) is 5.91 Å². The zero-order chi connectivity index (χ0) is 24.0. The maximum Gasteiger partial charge on any atom is 0.253 e. The van der Waals surface area contributed by atoms with Crippen molar-refractivity contribution in [2.24, 2.45) is 5.92 Å². The lowest BCUT2D eigenvalue weighted by molar-refractivity contribution is -0.0108. The lowest BCUT2D eigenvalue weighted by atomic mass is 9.83. The minimum atomic E-state index is -0.717. The number of fused-ring (bicyclic) bond motifs is 3. The number of aliphatic hydroxyl groups is 1. The Bertz CT molecular complexity index is 1200. The number of carbonyl (C=O) groups excluding carboxylic acids is 1. The summed E-state index contributed by atoms with van der Waals surface area (Å²) >= 11 is 0. The Hall–Kier alpha value is -3.20. The van der Waals surface area contributed by atoms with Crippen LogP contribution in [-0.4, -0.2) is 65.5 Å². The monoisotopic (exact) mass is 464 g/mol. The number of hydrogen-bond donors (Lipinski definition) is 1. The zero-order valence-corrected chi connectivity index (χ0v) is 20.2. The largest absolute Gasteiger partial charge is 0.491 e. The minimum Gasteiger partial charge on any atom is -0.491 e. The fraction of sp³-hybridized carbons (Fsp3) is 0.520. The van der Waals surface area contributed by atoms with E-state index in [1.807, 2.05) is 47.8 Å². The molecule has 0 spiro atoms. The van der Waals surface area contributed by atoms with Crippen LogP contribution in [0.2, 0.25) is 0 Å². The Balaban J connectivity index is 1.45. The standard InChI is InChI=1S/C25H32N6O3/c1-16(2)31-23(26-15-27-31)20-14-30-11-12-34-21-6-5-17(13-19(21)22(30)28-20)24(32)29-9-7-18(8-10-29)25(3,4)33/h5-6,13-16,18,33H,7-12H2,1-4H3. The predicted octanol–water partition coefficient (Wildman–Crippen LogP) is 3.41. The number of nitrogens with zero attached hydrogens (tertiary/aromatic N) is 6. The van der Waals surface area contributed by atoms with Gasteiger partial charge in [0, 0.05) is 30.9 Å². The molecular weight excluding hydrogens is 432 g/mol. The van der Waals surface area contributed by atoms with E-state index >= 15 is 0 Å². The number of benzene rings is 1. The highest BCUT2D eigenvalue weighted by Crippen LogP contribution is 2.35. The lowest BCUT2D eigenvalue weighted by Crippen LogP contribution is -2.44. The van der Waals surface area contributed by atoms with Crippen molar-refractivity contribution < 1.29 is 14.6 Å². The molecule has 1 saturated heterocycles. The Morgan fingerprint density at radius 3 is 2.65 bits per heavy atom. The zero-order valence-electron chi connectivity index (χ0n) is 20.2. The maximum absolute atomic E-state index is 13.3. The molecule has 0 saturated carbocycles. The molecule has 0 unspecified atom stereocenters. The third-order valence-electron chi connectivity index (χ3n) is 6.91. The molecule has 1 N–H and O–H groups in total. The molecule has 9 nitrogen and oxygen atoms in total. The molecule has 1 amide bonds. The molecule has 2 aliphatic rings. The second kappa shape index (κ2) is 8.54. The van der Waals surface area contributed by atoms with Gasteiger partial charge >= 0.3 is 0 Å². The highest BCUT2D eigenvalue weighted by molar-refractivity contribution is 5.96. The first kappa shape index (κ1) is 22.6. The van der Waals surface area contributed by atoms with Gasteiger partial charge in [-0.3, -0.25) is 4.79 Å². The summed E-state index contributed by atoms with van der Waals surface area (Å²) in [5.41, 5.74) is 1.45. The van der Waals surface area contributed by atoms with Crippen LogP contribution in [0.5, 0.6) is 5.75 Å². The molecule has 2 aromatic heterocycles. The van der Waals surface area contributed by atoms with Crippen LogP contribution in [-0.2, 0) is 6.54 Å². The highest BCUT2D eigenvalue weighted by atomic mass is 16.5. The molecule has 0 atom stereocenters. The van der Waals surface area contributed by atoms with Gasteiger partial charge in [-0.1, -0.05) is 0 Å². The molecule has 9 heteroatoms. The van der Waals surface area contributed by atoms with Crippen molar-refractivity contribution in [3.05, 3.63) is 36.3 Å². The number of amides is 1. The molecule has 2 aliphatic heterocycles. The van der Waals surface area contributed by atoms with E-state index in [1.54, 1.807) is 6.33 Å². The molecule has 0 radical (unpaired) electrons. The SMILES string of the molecule is CC(C)n1ncnc1-c1cn2c(n1)-c1cc(C(=O)N3CCC(C(C)(C)O)CC3)ccc1OCC2. The van der Waals surface area contributed by atoms with Crippen molar-refractivity contribution in [1.29, 1.82) is 0 Å². The molecule has 0 bridgehead atoms. The van der Waals surface area contributed by atoms with Gasteiger partial charge in [-0.25, -0.2) is 14.6 Å². The van der Waals surface area contributed by atoms with Crippen LogP contribution < -0.4 is 4.74 Å². The van der Waals surface area contributed by atoms with Crippen LogP contribution in [0.1, 0.15) is 56.9 Å². The first-order chi connectivity index (χ1) is 16.2. The van der Waals surface area contributed by atoms with E-state index in [0.29, 0.717) is 31.8 Å². The van der Waals surface area contributed by atoms with E-state index in [2.05, 4.69) is 28.5 Å². The van der Waals surface area contributed by atoms with Crippen LogP contribution in [0.3, 0.4) is 0 Å². The molecule has 4 heterocycles. The predicted molar refractivity (Wildman–Crippen MR) is 127 cm³/mol. The Morgan fingerprint density at radius 1 is 1.18 bits per heavy atom. The Kier molecular flexibility index (Phi) is 5.67. The fourth-order valence-corrected chi connectivity index (χ4v) is 4.91. The molecule has 3 aromatic rings. The van der Waals surface area contributed by atoms with Gasteiger partial charge < -0.3 is 19.3 Å². The Labute approximate surface area is 199 Å². The number of piperidine rings is 1. The highest BCUT2D eigenvalue weighted by Gasteiger charge is 2.32. The van der Waals surface area contributed by atoms with E-state index in [4.69, 9.17) is 9.72 Å². The van der Waals surface area contributed by atoms with Crippen LogP contribution in [0, 0.1) is 5.92 Å².